The smallest absolute Gasteiger partial charge is 0.305 e. The number of fused-ring (bicyclic) bond motifs is 8. The number of hydrogen-bond acceptors (Lipinski definition) is 18. The van der Waals surface area contributed by atoms with Crippen molar-refractivity contribution in [3.63, 3.8) is 0 Å². The highest BCUT2D eigenvalue weighted by atomic mass is 32.2. The lowest BCUT2D eigenvalue weighted by molar-refractivity contribution is -0.205. The predicted octanol–water partition coefficient (Wildman–Crippen LogP) is 3.90. The first-order valence-corrected chi connectivity index (χ1v) is 27.6. The number of ether oxygens (including phenoxy) is 4. The number of carbonyl (C=O) groups excluding carboxylic acids is 2. The first kappa shape index (κ1) is 57.8. The molecule has 2 fully saturated rings. The molecule has 7 heterocycles. The van der Waals surface area contributed by atoms with Gasteiger partial charge < -0.3 is 74.7 Å². The number of aliphatic hydroxyl groups excluding tert-OH is 8. The van der Waals surface area contributed by atoms with Crippen LogP contribution in [-0.4, -0.2) is 195 Å². The Morgan fingerprint density at radius 2 is 1.39 bits per heavy atom. The fourth-order valence-electron chi connectivity index (χ4n) is 10.5. The number of aromatic nitrogens is 4. The van der Waals surface area contributed by atoms with Gasteiger partial charge in [0.1, 0.15) is 59.7 Å². The lowest BCUT2D eigenvalue weighted by Gasteiger charge is -2.39. The molecule has 0 spiro atoms. The molecule has 4 aliphatic heterocycles. The second kappa shape index (κ2) is 25.0. The Morgan fingerprint density at radius 1 is 0.784 bits per heavy atom. The fourth-order valence-corrected chi connectivity index (χ4v) is 12.7. The van der Waals surface area contributed by atoms with E-state index in [1.165, 1.54) is 30.6 Å². The Labute approximate surface area is 440 Å². The molecule has 1 unspecified atom stereocenters. The van der Waals surface area contributed by atoms with Crippen molar-refractivity contribution in [1.82, 2.24) is 24.8 Å². The lowest BCUT2D eigenvalue weighted by Crippen LogP contribution is -2.57. The summed E-state index contributed by atoms with van der Waals surface area (Å²) in [6.45, 7) is 13.9. The van der Waals surface area contributed by atoms with E-state index in [0.29, 0.717) is 61.4 Å². The summed E-state index contributed by atoms with van der Waals surface area (Å²) in [7, 11) is 3.11. The van der Waals surface area contributed by atoms with Crippen LogP contribution in [0.2, 0.25) is 0 Å². The maximum Gasteiger partial charge on any atom is 0.305 e. The minimum atomic E-state index is -1.47. The second-order valence-corrected chi connectivity index (χ2v) is 22.2. The summed E-state index contributed by atoms with van der Waals surface area (Å²) in [5.41, 5.74) is 10.3. The largest absolute Gasteiger partial charge is 0.469 e. The monoisotopic (exact) mass is 1070 g/mol. The van der Waals surface area contributed by atoms with Crippen molar-refractivity contribution >= 4 is 68.6 Å². The van der Waals surface area contributed by atoms with Gasteiger partial charge in [0.2, 0.25) is 0 Å². The molecule has 7 rings (SSSR count). The average Bonchev–Trinajstić information content (AvgIpc) is 4.08. The summed E-state index contributed by atoms with van der Waals surface area (Å²) >= 11 is 2.52. The summed E-state index contributed by atoms with van der Waals surface area (Å²) < 4.78 is 22.9. The van der Waals surface area contributed by atoms with Gasteiger partial charge in [0.15, 0.2) is 0 Å². The summed E-state index contributed by atoms with van der Waals surface area (Å²) in [6, 6.07) is 6.10. The third kappa shape index (κ3) is 11.9. The Kier molecular flexibility index (Phi) is 19.5. The predicted molar refractivity (Wildman–Crippen MR) is 284 cm³/mol. The zero-order chi connectivity index (χ0) is 53.9. The lowest BCUT2D eigenvalue weighted by atomic mass is 9.85. The van der Waals surface area contributed by atoms with Crippen molar-refractivity contribution in [2.45, 2.75) is 158 Å². The van der Waals surface area contributed by atoms with Gasteiger partial charge in [-0.25, -0.2) is 4.98 Å². The van der Waals surface area contributed by atoms with E-state index < -0.39 is 79.0 Å². The Hall–Kier alpha value is -3.94. The van der Waals surface area contributed by atoms with E-state index in [1.807, 2.05) is 45.9 Å². The highest BCUT2D eigenvalue weighted by Crippen LogP contribution is 2.44. The van der Waals surface area contributed by atoms with E-state index in [1.54, 1.807) is 11.9 Å². The van der Waals surface area contributed by atoms with Gasteiger partial charge in [-0.3, -0.25) is 14.6 Å². The minimum Gasteiger partial charge on any atom is -0.469 e. The van der Waals surface area contributed by atoms with Gasteiger partial charge in [-0.1, -0.05) is 13.8 Å². The molecule has 0 aliphatic carbocycles. The summed E-state index contributed by atoms with van der Waals surface area (Å²) in [4.78, 5) is 47.1. The number of methoxy groups -OCH3 is 1. The molecule has 1 amide bonds. The van der Waals surface area contributed by atoms with Gasteiger partial charge in [-0.2, -0.15) is 0 Å². The topological polar surface area (TPSA) is 293 Å². The number of esters is 1. The molecular formula is C53H75N5O14S2. The maximum absolute atomic E-state index is 14.8. The number of aromatic amines is 2. The molecule has 10 N–H and O–H groups in total. The number of nitrogens with zero attached hydrogens (tertiary/aromatic N) is 3. The molecule has 0 aromatic carbocycles. The van der Waals surface area contributed by atoms with E-state index in [9.17, 15) is 50.4 Å². The van der Waals surface area contributed by atoms with Crippen molar-refractivity contribution in [2.75, 3.05) is 52.0 Å². The Balaban J connectivity index is 1.25. The van der Waals surface area contributed by atoms with Gasteiger partial charge >= 0.3 is 5.97 Å². The van der Waals surface area contributed by atoms with E-state index >= 15 is 0 Å². The van der Waals surface area contributed by atoms with Crippen LogP contribution in [0.1, 0.15) is 121 Å². The van der Waals surface area contributed by atoms with Crippen LogP contribution in [0.3, 0.4) is 0 Å². The summed E-state index contributed by atoms with van der Waals surface area (Å²) in [5, 5.41) is 81.4. The number of amides is 1. The van der Waals surface area contributed by atoms with Gasteiger partial charge in [-0.05, 0) is 118 Å². The molecule has 19 nitrogen and oxygen atoms in total. The van der Waals surface area contributed by atoms with Crippen molar-refractivity contribution in [1.29, 1.82) is 0 Å². The fraction of sp³-hybridized carbons (Fsp3) is 0.623. The molecule has 2 saturated heterocycles. The van der Waals surface area contributed by atoms with Crippen molar-refractivity contribution < 1.29 is 69.4 Å². The number of hydrogen-bond donors (Lipinski definition) is 10. The standard InChI is InChI=1S/C53H75N5O14S2/c1-10-30-24(2)32-21-37-41(29(7)70-16-12-18-74-53-50(67)48(65)46(63)39(23-60)72-53)26(4)34(55-37)19-33-25(3)31(13-14-40(61)69-9)43(56-33)28(6)44-42(27(5)35(57-44)20-36(30)54-32)51(68)58(8)15-11-17-73-52-49(66)47(64)45(62)38(22-59)71-52/h19-21,25,29,31,38-39,45-50,52-54,57,59-60,62-67H,10-18,22-23H2,1-9H3/t25-,29?,31-,38+,39+,45+,46+,47-,48-,49+,50+,52-,53-/m0/s1. The highest BCUT2D eigenvalue weighted by molar-refractivity contribution is 8.00. The Bertz CT molecular complexity index is 2690. The molecule has 74 heavy (non-hydrogen) atoms. The van der Waals surface area contributed by atoms with E-state index in [-0.39, 0.29) is 30.1 Å². The van der Waals surface area contributed by atoms with Gasteiger partial charge in [0, 0.05) is 72.0 Å². The third-order valence-electron chi connectivity index (χ3n) is 15.1. The molecule has 408 valence electrons. The van der Waals surface area contributed by atoms with Crippen LogP contribution in [0.25, 0.3) is 33.2 Å². The number of carbonyl (C=O) groups is 2. The number of aryl methyl sites for hydroxylation is 4. The van der Waals surface area contributed by atoms with Crippen LogP contribution in [-0.2, 0) is 30.2 Å². The molecule has 4 aliphatic rings. The quantitative estimate of drug-likeness (QED) is 0.0602. The number of H-pyrrole nitrogens is 2. The molecule has 0 saturated carbocycles. The molecule has 3 aromatic heterocycles. The second-order valence-electron chi connectivity index (χ2n) is 19.8. The first-order valence-electron chi connectivity index (χ1n) is 25.5. The van der Waals surface area contributed by atoms with Gasteiger partial charge in [0.05, 0.1) is 48.9 Å². The molecule has 3 aromatic rings. The van der Waals surface area contributed by atoms with E-state index in [0.717, 1.165) is 72.7 Å². The van der Waals surface area contributed by atoms with E-state index in [4.69, 9.17) is 28.9 Å². The normalized spacial score (nSPS) is 27.6. The third-order valence-corrected chi connectivity index (χ3v) is 17.6. The number of aliphatic hydroxyl groups is 8. The van der Waals surface area contributed by atoms with Crippen LogP contribution < -0.4 is 0 Å². The maximum atomic E-state index is 14.8. The summed E-state index contributed by atoms with van der Waals surface area (Å²) in [6.07, 6.45) is -8.43. The number of thioether (sulfide) groups is 2. The summed E-state index contributed by atoms with van der Waals surface area (Å²) in [5.74, 6) is 0.0178. The van der Waals surface area contributed by atoms with Crippen molar-refractivity contribution in [2.24, 2.45) is 0 Å². The molecule has 0 radical (unpaired) electrons. The highest BCUT2D eigenvalue weighted by Gasteiger charge is 2.45. The average molecular weight is 1070 g/mol. The number of allylic oxidation sites excluding steroid dienone is 1. The van der Waals surface area contributed by atoms with E-state index in [2.05, 4.69) is 30.7 Å². The molecular weight excluding hydrogens is 995 g/mol. The van der Waals surface area contributed by atoms with Gasteiger partial charge in [0.25, 0.3) is 5.91 Å². The zero-order valence-electron chi connectivity index (χ0n) is 43.7. The Morgan fingerprint density at radius 3 is 1.99 bits per heavy atom. The van der Waals surface area contributed by atoms with Crippen LogP contribution in [0.5, 0.6) is 0 Å². The van der Waals surface area contributed by atoms with Crippen molar-refractivity contribution in [3.05, 3.63) is 68.8 Å². The molecule has 21 heteroatoms. The van der Waals surface area contributed by atoms with Crippen LogP contribution in [0.15, 0.2) is 18.2 Å². The minimum absolute atomic E-state index is 0.157. The van der Waals surface area contributed by atoms with Gasteiger partial charge in [-0.15, -0.1) is 23.5 Å². The SMILES string of the molecule is CCc1c(C)c2cc3nc(cc4nc(c(C)c5[nH]c(cc1[nH]2)c(C)c5C(=O)N(C)CCCS[C@@H]1O[C@H](CO)[C@@H](O)[C@H](O)[C@H]1O)[C@@H](CCC(=O)OC)[C@@H]4C)C(C)=C3C(C)OCCCS[C@@H]1O[C@H](CO)[C@@H](O)[C@H](O)[C@H]1O. The number of nitrogens with one attached hydrogen (secondary N) is 2. The molecule has 13 atom stereocenters. The van der Waals surface area contributed by atoms with Crippen LogP contribution in [0, 0.1) is 20.8 Å². The number of rotatable bonds is 19. The molecule has 8 bridgehead atoms. The van der Waals surface area contributed by atoms with Crippen LogP contribution >= 0.6 is 23.5 Å². The zero-order valence-corrected chi connectivity index (χ0v) is 45.3. The van der Waals surface area contributed by atoms with Crippen molar-refractivity contribution in [3.8, 4) is 0 Å². The van der Waals surface area contributed by atoms with Crippen LogP contribution in [0.4, 0.5) is 0 Å². The first-order chi connectivity index (χ1) is 35.3.